The first-order valence-electron chi connectivity index (χ1n) is 12.0. The maximum atomic E-state index is 13.3. The van der Waals surface area contributed by atoms with Crippen LogP contribution in [0.25, 0.3) is 0 Å². The van der Waals surface area contributed by atoms with E-state index in [9.17, 15) is 24.9 Å². The molecule has 0 aromatic heterocycles. The molecule has 0 spiro atoms. The van der Waals surface area contributed by atoms with Crippen molar-refractivity contribution >= 4 is 23.2 Å². The van der Waals surface area contributed by atoms with Gasteiger partial charge in [0, 0.05) is 12.5 Å². The summed E-state index contributed by atoms with van der Waals surface area (Å²) < 4.78 is 11.3. The summed E-state index contributed by atoms with van der Waals surface area (Å²) in [7, 11) is 0. The van der Waals surface area contributed by atoms with Crippen LogP contribution in [-0.4, -0.2) is 83.2 Å². The zero-order chi connectivity index (χ0) is 26.7. The maximum absolute atomic E-state index is 13.3. The summed E-state index contributed by atoms with van der Waals surface area (Å²) in [6.07, 6.45) is -5.50. The van der Waals surface area contributed by atoms with Crippen LogP contribution in [0.5, 0.6) is 5.75 Å². The van der Waals surface area contributed by atoms with Gasteiger partial charge in [-0.2, -0.15) is 0 Å². The number of nitrogens with zero attached hydrogens (tertiary/aromatic N) is 2. The highest BCUT2D eigenvalue weighted by Crippen LogP contribution is 2.31. The van der Waals surface area contributed by atoms with Crippen molar-refractivity contribution < 1.29 is 39.2 Å². The van der Waals surface area contributed by atoms with Crippen molar-refractivity contribution in [1.82, 2.24) is 5.32 Å². The highest BCUT2D eigenvalue weighted by atomic mass is 16.8. The van der Waals surface area contributed by atoms with Crippen LogP contribution >= 0.6 is 0 Å². The van der Waals surface area contributed by atoms with E-state index in [4.69, 9.17) is 14.3 Å². The highest BCUT2D eigenvalue weighted by Gasteiger charge is 2.46. The lowest BCUT2D eigenvalue weighted by atomic mass is 9.97. The Labute approximate surface area is 214 Å². The summed E-state index contributed by atoms with van der Waals surface area (Å²) in [5.41, 5.74) is 3.21. The van der Waals surface area contributed by atoms with Crippen molar-refractivity contribution in [2.24, 2.45) is 5.16 Å². The summed E-state index contributed by atoms with van der Waals surface area (Å²) in [4.78, 5) is 32.1. The number of carbonyl (C=O) groups excluding carboxylic acids is 2. The molecule has 198 valence electrons. The van der Waals surface area contributed by atoms with Gasteiger partial charge in [0.05, 0.1) is 18.8 Å². The summed E-state index contributed by atoms with van der Waals surface area (Å²) in [5, 5.41) is 36.7. The van der Waals surface area contributed by atoms with E-state index >= 15 is 0 Å². The molecule has 2 aliphatic rings. The molecule has 2 aromatic rings. The van der Waals surface area contributed by atoms with Crippen molar-refractivity contribution in [1.29, 1.82) is 0 Å². The quantitative estimate of drug-likeness (QED) is 0.371. The maximum Gasteiger partial charge on any atom is 0.281 e. The number of aryl methyl sites for hydroxylation is 2. The number of hydrogen-bond donors (Lipinski definition) is 4. The molecule has 0 radical (unpaired) electrons. The number of aliphatic hydroxyl groups excluding tert-OH is 3. The number of ether oxygens (including phenoxy) is 2. The Morgan fingerprint density at radius 3 is 2.49 bits per heavy atom. The molecular formula is C26H31N3O8. The SMILES string of the molecule is CC(=O)N[C@H]1[C@H](O/N=C2\C(=O)N(CCOc3ccc(C)cc3)c3ccc(C)cc32)O[C@@H](CO)[C@@H](O)[C@H]1O. The number of nitrogens with one attached hydrogen (secondary N) is 1. The predicted molar refractivity (Wildman–Crippen MR) is 133 cm³/mol. The first kappa shape index (κ1) is 26.6. The van der Waals surface area contributed by atoms with Gasteiger partial charge in [0.15, 0.2) is 5.71 Å². The van der Waals surface area contributed by atoms with Crippen LogP contribution in [0.1, 0.15) is 23.6 Å². The van der Waals surface area contributed by atoms with E-state index in [1.165, 1.54) is 11.8 Å². The van der Waals surface area contributed by atoms with Crippen LogP contribution < -0.4 is 15.0 Å². The number of benzene rings is 2. The lowest BCUT2D eigenvalue weighted by molar-refractivity contribution is -0.270. The Balaban J connectivity index is 1.54. The van der Waals surface area contributed by atoms with Crippen LogP contribution in [0.4, 0.5) is 5.69 Å². The average molecular weight is 514 g/mol. The fraction of sp³-hybridized carbons (Fsp3) is 0.423. The minimum absolute atomic E-state index is 0.0142. The molecule has 0 unspecified atom stereocenters. The fourth-order valence-electron chi connectivity index (χ4n) is 4.29. The first-order chi connectivity index (χ1) is 17.7. The van der Waals surface area contributed by atoms with Gasteiger partial charge in [-0.3, -0.25) is 9.59 Å². The largest absolute Gasteiger partial charge is 0.492 e. The van der Waals surface area contributed by atoms with E-state index in [0.29, 0.717) is 17.0 Å². The zero-order valence-corrected chi connectivity index (χ0v) is 20.8. The third kappa shape index (κ3) is 5.75. The van der Waals surface area contributed by atoms with Gasteiger partial charge in [-0.25, -0.2) is 0 Å². The van der Waals surface area contributed by atoms with E-state index in [2.05, 4.69) is 10.5 Å². The monoisotopic (exact) mass is 513 g/mol. The number of carbonyl (C=O) groups is 2. The number of fused-ring (bicyclic) bond motifs is 1. The van der Waals surface area contributed by atoms with Crippen LogP contribution in [0.15, 0.2) is 47.6 Å². The number of amides is 2. The van der Waals surface area contributed by atoms with Gasteiger partial charge in [-0.05, 0) is 38.1 Å². The second-order valence-corrected chi connectivity index (χ2v) is 9.12. The molecule has 0 bridgehead atoms. The molecule has 2 aromatic carbocycles. The first-order valence-corrected chi connectivity index (χ1v) is 12.0. The number of rotatable bonds is 8. The van der Waals surface area contributed by atoms with Crippen molar-refractivity contribution in [2.75, 3.05) is 24.7 Å². The van der Waals surface area contributed by atoms with Crippen molar-refractivity contribution in [3.8, 4) is 5.75 Å². The minimum Gasteiger partial charge on any atom is -0.492 e. The summed E-state index contributed by atoms with van der Waals surface area (Å²) in [6, 6.07) is 11.9. The number of anilines is 1. The van der Waals surface area contributed by atoms with Crippen LogP contribution in [0, 0.1) is 13.8 Å². The fourth-order valence-corrected chi connectivity index (χ4v) is 4.29. The van der Waals surface area contributed by atoms with Crippen LogP contribution in [-0.2, 0) is 19.2 Å². The average Bonchev–Trinajstić information content (AvgIpc) is 3.12. The Morgan fingerprint density at radius 1 is 1.11 bits per heavy atom. The van der Waals surface area contributed by atoms with Gasteiger partial charge in [-0.15, -0.1) is 0 Å². The molecule has 2 aliphatic heterocycles. The Kier molecular flexibility index (Phi) is 8.08. The summed E-state index contributed by atoms with van der Waals surface area (Å²) in [5.74, 6) is -0.225. The molecule has 11 nitrogen and oxygen atoms in total. The van der Waals surface area contributed by atoms with Crippen molar-refractivity contribution in [3.63, 3.8) is 0 Å². The normalized spacial score (nSPS) is 26.2. The van der Waals surface area contributed by atoms with E-state index in [1.807, 2.05) is 50.2 Å². The number of aliphatic hydroxyl groups is 3. The predicted octanol–water partition coefficient (Wildman–Crippen LogP) is 0.393. The van der Waals surface area contributed by atoms with Gasteiger partial charge in [0.2, 0.25) is 12.2 Å². The third-order valence-electron chi connectivity index (χ3n) is 6.25. The third-order valence-corrected chi connectivity index (χ3v) is 6.25. The molecule has 11 heteroatoms. The molecule has 4 N–H and O–H groups in total. The molecule has 5 atom stereocenters. The standard InChI is InChI=1S/C26H31N3O8/c1-14-4-7-17(8-5-14)35-11-10-29-19-9-6-15(2)12-18(19)21(25(29)34)28-37-26-22(27-16(3)31)24(33)23(32)20(13-30)36-26/h4-9,12,20,22-24,26,30,32-33H,10-11,13H2,1-3H3,(H,27,31)/b28-21-/t20-,22+,23+,24-,26-/m0/s1. The molecule has 2 amide bonds. The number of hydrogen-bond acceptors (Lipinski definition) is 9. The lowest BCUT2D eigenvalue weighted by Crippen LogP contribution is -2.64. The Hall–Kier alpha value is -3.51. The van der Waals surface area contributed by atoms with Crippen LogP contribution in [0.3, 0.4) is 0 Å². The topological polar surface area (TPSA) is 150 Å². The molecule has 0 aliphatic carbocycles. The van der Waals surface area contributed by atoms with Crippen LogP contribution in [0.2, 0.25) is 0 Å². The molecule has 1 saturated heterocycles. The zero-order valence-electron chi connectivity index (χ0n) is 20.8. The molecular weight excluding hydrogens is 482 g/mol. The number of oxime groups is 1. The Bertz CT molecular complexity index is 1170. The van der Waals surface area contributed by atoms with E-state index < -0.39 is 49.1 Å². The van der Waals surface area contributed by atoms with E-state index in [1.54, 1.807) is 6.07 Å². The minimum atomic E-state index is -1.50. The highest BCUT2D eigenvalue weighted by molar-refractivity contribution is 6.54. The lowest BCUT2D eigenvalue weighted by Gasteiger charge is -2.40. The second-order valence-electron chi connectivity index (χ2n) is 9.12. The van der Waals surface area contributed by atoms with Gasteiger partial charge in [-0.1, -0.05) is 34.5 Å². The van der Waals surface area contributed by atoms with Gasteiger partial charge < -0.3 is 39.8 Å². The molecule has 1 fully saturated rings. The molecule has 4 rings (SSSR count). The van der Waals surface area contributed by atoms with E-state index in [-0.39, 0.29) is 18.9 Å². The van der Waals surface area contributed by atoms with Crippen molar-refractivity contribution in [2.45, 2.75) is 51.4 Å². The van der Waals surface area contributed by atoms with E-state index in [0.717, 1.165) is 11.1 Å². The molecule has 37 heavy (non-hydrogen) atoms. The van der Waals surface area contributed by atoms with Gasteiger partial charge in [0.25, 0.3) is 5.91 Å². The van der Waals surface area contributed by atoms with Gasteiger partial charge in [0.1, 0.15) is 36.7 Å². The molecule has 0 saturated carbocycles. The molecule has 2 heterocycles. The van der Waals surface area contributed by atoms with Crippen molar-refractivity contribution in [3.05, 3.63) is 59.2 Å². The van der Waals surface area contributed by atoms with Gasteiger partial charge >= 0.3 is 0 Å². The smallest absolute Gasteiger partial charge is 0.281 e. The second kappa shape index (κ2) is 11.3. The Morgan fingerprint density at radius 2 is 1.81 bits per heavy atom. The summed E-state index contributed by atoms with van der Waals surface area (Å²) in [6.45, 7) is 5.00. The summed E-state index contributed by atoms with van der Waals surface area (Å²) >= 11 is 0.